The van der Waals surface area contributed by atoms with Crippen molar-refractivity contribution in [1.82, 2.24) is 10.2 Å². The number of nitrogens with zero attached hydrogens (tertiary/aromatic N) is 1. The summed E-state index contributed by atoms with van der Waals surface area (Å²) < 4.78 is 5.21. The Balaban J connectivity index is 4.64. The standard InChI is InChI=1S/C15H34N2O2/c1-7-13(3)17(9-10-19-6)14(4)11-15(5,12-18)16-8-2/h13-14,16,18H,7-12H2,1-6H3. The molecule has 3 atom stereocenters. The van der Waals surface area contributed by atoms with Crippen LogP contribution in [0.4, 0.5) is 0 Å². The molecule has 0 saturated heterocycles. The normalized spacial score (nSPS) is 18.3. The van der Waals surface area contributed by atoms with E-state index in [9.17, 15) is 5.11 Å². The summed E-state index contributed by atoms with van der Waals surface area (Å²) in [5.41, 5.74) is -0.201. The van der Waals surface area contributed by atoms with Gasteiger partial charge in [0.1, 0.15) is 0 Å². The third-order valence-electron chi connectivity index (χ3n) is 3.98. The monoisotopic (exact) mass is 274 g/mol. The van der Waals surface area contributed by atoms with Crippen molar-refractivity contribution in [3.8, 4) is 0 Å². The Morgan fingerprint density at radius 1 is 1.26 bits per heavy atom. The highest BCUT2D eigenvalue weighted by Gasteiger charge is 2.28. The lowest BCUT2D eigenvalue weighted by molar-refractivity contribution is 0.0655. The first-order valence-corrected chi connectivity index (χ1v) is 7.54. The molecule has 0 aromatic carbocycles. The molecule has 2 N–H and O–H groups in total. The van der Waals surface area contributed by atoms with Crippen molar-refractivity contribution in [1.29, 1.82) is 0 Å². The van der Waals surface area contributed by atoms with Crippen LogP contribution in [0.5, 0.6) is 0 Å². The number of aliphatic hydroxyl groups excluding tert-OH is 1. The molecule has 0 amide bonds. The van der Waals surface area contributed by atoms with Gasteiger partial charge in [-0.15, -0.1) is 0 Å². The number of methoxy groups -OCH3 is 1. The third-order valence-corrected chi connectivity index (χ3v) is 3.98. The van der Waals surface area contributed by atoms with Crippen molar-refractivity contribution in [2.45, 2.75) is 65.1 Å². The molecule has 4 heteroatoms. The van der Waals surface area contributed by atoms with Gasteiger partial charge in [0.25, 0.3) is 0 Å². The molecule has 116 valence electrons. The number of hydrogen-bond acceptors (Lipinski definition) is 4. The fraction of sp³-hybridized carbons (Fsp3) is 1.00. The lowest BCUT2D eigenvalue weighted by atomic mass is 9.93. The average molecular weight is 274 g/mol. The summed E-state index contributed by atoms with van der Waals surface area (Å²) in [5.74, 6) is 0. The zero-order chi connectivity index (χ0) is 14.9. The fourth-order valence-corrected chi connectivity index (χ4v) is 2.70. The minimum Gasteiger partial charge on any atom is -0.394 e. The van der Waals surface area contributed by atoms with Crippen LogP contribution < -0.4 is 5.32 Å². The van der Waals surface area contributed by atoms with E-state index in [1.807, 2.05) is 0 Å². The molecule has 0 aliphatic carbocycles. The summed E-state index contributed by atoms with van der Waals surface area (Å²) in [7, 11) is 1.75. The SMILES string of the molecule is CCNC(C)(CO)CC(C)N(CCOC)C(C)CC. The average Bonchev–Trinajstić information content (AvgIpc) is 2.38. The highest BCUT2D eigenvalue weighted by atomic mass is 16.5. The zero-order valence-corrected chi connectivity index (χ0v) is 13.7. The lowest BCUT2D eigenvalue weighted by Gasteiger charge is -2.39. The van der Waals surface area contributed by atoms with E-state index in [0.29, 0.717) is 12.1 Å². The Bertz CT molecular complexity index is 226. The number of hydrogen-bond donors (Lipinski definition) is 2. The molecular formula is C15H34N2O2. The summed E-state index contributed by atoms with van der Waals surface area (Å²) >= 11 is 0. The molecule has 0 heterocycles. The Hall–Kier alpha value is -0.160. The number of rotatable bonds is 11. The first-order chi connectivity index (χ1) is 8.94. The highest BCUT2D eigenvalue weighted by molar-refractivity contribution is 4.88. The molecule has 0 rings (SSSR count). The maximum atomic E-state index is 9.61. The van der Waals surface area contributed by atoms with Crippen molar-refractivity contribution in [3.63, 3.8) is 0 Å². The van der Waals surface area contributed by atoms with Crippen LogP contribution in [0, 0.1) is 0 Å². The van der Waals surface area contributed by atoms with Crippen LogP contribution in [0.1, 0.15) is 47.5 Å². The highest BCUT2D eigenvalue weighted by Crippen LogP contribution is 2.19. The Kier molecular flexibility index (Phi) is 9.62. The van der Waals surface area contributed by atoms with E-state index in [0.717, 1.165) is 32.5 Å². The van der Waals surface area contributed by atoms with E-state index in [2.05, 4.69) is 44.8 Å². The maximum absolute atomic E-state index is 9.61. The van der Waals surface area contributed by atoms with Gasteiger partial charge in [0, 0.05) is 31.3 Å². The van der Waals surface area contributed by atoms with Crippen LogP contribution in [0.25, 0.3) is 0 Å². The van der Waals surface area contributed by atoms with Crippen LogP contribution in [0.2, 0.25) is 0 Å². The molecule has 0 aromatic heterocycles. The van der Waals surface area contributed by atoms with Crippen LogP contribution in [-0.2, 0) is 4.74 Å². The first-order valence-electron chi connectivity index (χ1n) is 7.54. The number of likely N-dealkylation sites (N-methyl/N-ethyl adjacent to an activating group) is 1. The Morgan fingerprint density at radius 2 is 1.89 bits per heavy atom. The third kappa shape index (κ3) is 6.70. The number of ether oxygens (including phenoxy) is 1. The van der Waals surface area contributed by atoms with Gasteiger partial charge in [-0.25, -0.2) is 0 Å². The minimum atomic E-state index is -0.201. The maximum Gasteiger partial charge on any atom is 0.0611 e. The summed E-state index contributed by atoms with van der Waals surface area (Å²) in [6.45, 7) is 13.6. The van der Waals surface area contributed by atoms with Crippen LogP contribution in [0.15, 0.2) is 0 Å². The quantitative estimate of drug-likeness (QED) is 0.604. The van der Waals surface area contributed by atoms with Crippen molar-refractivity contribution >= 4 is 0 Å². The molecule has 4 nitrogen and oxygen atoms in total. The zero-order valence-electron chi connectivity index (χ0n) is 13.7. The summed E-state index contributed by atoms with van der Waals surface area (Å²) in [6.07, 6.45) is 2.07. The van der Waals surface area contributed by atoms with Crippen molar-refractivity contribution in [2.75, 3.05) is 33.4 Å². The molecule has 0 spiro atoms. The molecule has 3 unspecified atom stereocenters. The van der Waals surface area contributed by atoms with E-state index in [1.54, 1.807) is 7.11 Å². The van der Waals surface area contributed by atoms with Crippen LogP contribution in [0.3, 0.4) is 0 Å². The van der Waals surface area contributed by atoms with E-state index < -0.39 is 0 Å². The second-order valence-electron chi connectivity index (χ2n) is 5.79. The lowest BCUT2D eigenvalue weighted by Crippen LogP contribution is -2.52. The van der Waals surface area contributed by atoms with E-state index in [4.69, 9.17) is 4.74 Å². The first kappa shape index (κ1) is 18.8. The molecule has 0 fully saturated rings. The summed E-state index contributed by atoms with van der Waals surface area (Å²) in [6, 6.07) is 0.955. The predicted molar refractivity (Wildman–Crippen MR) is 81.6 cm³/mol. The number of nitrogens with one attached hydrogen (secondary N) is 1. The fourth-order valence-electron chi connectivity index (χ4n) is 2.70. The van der Waals surface area contributed by atoms with Gasteiger partial charge >= 0.3 is 0 Å². The van der Waals surface area contributed by atoms with Gasteiger partial charge in [0.05, 0.1) is 13.2 Å². The topological polar surface area (TPSA) is 44.7 Å². The molecule has 0 bridgehead atoms. The molecule has 0 aliphatic heterocycles. The number of aliphatic hydroxyl groups is 1. The Morgan fingerprint density at radius 3 is 2.32 bits per heavy atom. The summed E-state index contributed by atoms with van der Waals surface area (Å²) in [4.78, 5) is 2.48. The minimum absolute atomic E-state index is 0.170. The predicted octanol–water partition coefficient (Wildman–Crippen LogP) is 1.87. The van der Waals surface area contributed by atoms with E-state index in [1.165, 1.54) is 0 Å². The molecule has 19 heavy (non-hydrogen) atoms. The molecule has 0 aliphatic rings. The van der Waals surface area contributed by atoms with Crippen molar-refractivity contribution in [3.05, 3.63) is 0 Å². The van der Waals surface area contributed by atoms with E-state index in [-0.39, 0.29) is 12.1 Å². The van der Waals surface area contributed by atoms with Crippen molar-refractivity contribution < 1.29 is 9.84 Å². The smallest absolute Gasteiger partial charge is 0.0611 e. The second-order valence-corrected chi connectivity index (χ2v) is 5.79. The van der Waals surface area contributed by atoms with Gasteiger partial charge in [-0.3, -0.25) is 4.90 Å². The van der Waals surface area contributed by atoms with Crippen LogP contribution >= 0.6 is 0 Å². The molecule has 0 radical (unpaired) electrons. The largest absolute Gasteiger partial charge is 0.394 e. The molecule has 0 saturated carbocycles. The van der Waals surface area contributed by atoms with Gasteiger partial charge < -0.3 is 15.2 Å². The van der Waals surface area contributed by atoms with Crippen molar-refractivity contribution in [2.24, 2.45) is 0 Å². The van der Waals surface area contributed by atoms with Gasteiger partial charge in [-0.1, -0.05) is 13.8 Å². The summed E-state index contributed by atoms with van der Waals surface area (Å²) in [5, 5.41) is 13.0. The molecule has 0 aromatic rings. The Labute approximate surface area is 119 Å². The molecular weight excluding hydrogens is 240 g/mol. The van der Waals surface area contributed by atoms with Gasteiger partial charge in [0.2, 0.25) is 0 Å². The van der Waals surface area contributed by atoms with E-state index >= 15 is 0 Å². The van der Waals surface area contributed by atoms with Gasteiger partial charge in [0.15, 0.2) is 0 Å². The van der Waals surface area contributed by atoms with Gasteiger partial charge in [-0.2, -0.15) is 0 Å². The van der Waals surface area contributed by atoms with Crippen LogP contribution in [-0.4, -0.2) is 61.0 Å². The second kappa shape index (κ2) is 9.70. The van der Waals surface area contributed by atoms with Gasteiger partial charge in [-0.05, 0) is 40.2 Å².